The van der Waals surface area contributed by atoms with Crippen molar-refractivity contribution < 1.29 is 9.53 Å². The molecule has 0 aromatic heterocycles. The van der Waals surface area contributed by atoms with Crippen LogP contribution in [0.4, 0.5) is 4.79 Å². The molecule has 1 aliphatic heterocycles. The summed E-state index contributed by atoms with van der Waals surface area (Å²) < 4.78 is 4.77. The number of nitrogens with zero attached hydrogens (tertiary/aromatic N) is 1. The van der Waals surface area contributed by atoms with E-state index in [1.54, 1.807) is 4.90 Å². The van der Waals surface area contributed by atoms with Gasteiger partial charge in [-0.1, -0.05) is 15.9 Å². The first-order valence-corrected chi connectivity index (χ1v) is 4.94. The first kappa shape index (κ1) is 8.84. The molecule has 1 fully saturated rings. The maximum atomic E-state index is 10.9. The average Bonchev–Trinajstić information content (AvgIpc) is 2.37. The lowest BCUT2D eigenvalue weighted by Crippen LogP contribution is -2.25. The smallest absolute Gasteiger partial charge is 0.409 e. The predicted molar refractivity (Wildman–Crippen MR) is 45.9 cm³/mol. The van der Waals surface area contributed by atoms with Gasteiger partial charge in [0.15, 0.2) is 0 Å². The molecule has 1 amide bonds. The number of halogens is 1. The van der Waals surface area contributed by atoms with Gasteiger partial charge in [-0.3, -0.25) is 0 Å². The number of carbonyl (C=O) groups is 1. The zero-order chi connectivity index (χ0) is 8.10. The molecule has 1 aliphatic rings. The molecule has 0 radical (unpaired) electrons. The Kier molecular flexibility index (Phi) is 3.69. The molecule has 1 saturated heterocycles. The van der Waals surface area contributed by atoms with Crippen molar-refractivity contribution in [3.63, 3.8) is 0 Å². The Morgan fingerprint density at radius 1 is 1.55 bits per heavy atom. The average molecular weight is 222 g/mol. The first-order valence-electron chi connectivity index (χ1n) is 3.82. The Morgan fingerprint density at radius 2 is 2.36 bits per heavy atom. The van der Waals surface area contributed by atoms with Crippen molar-refractivity contribution in [3.05, 3.63) is 0 Å². The second-order valence-corrected chi connectivity index (χ2v) is 3.29. The third-order valence-electron chi connectivity index (χ3n) is 1.66. The lowest BCUT2D eigenvalue weighted by Gasteiger charge is -2.10. The Balaban J connectivity index is 2.10. The third-order valence-corrected chi connectivity index (χ3v) is 2.22. The molecule has 4 heteroatoms. The molecule has 0 N–H and O–H groups in total. The Hall–Kier alpha value is -0.250. The van der Waals surface area contributed by atoms with Gasteiger partial charge in [0, 0.05) is 11.9 Å². The molecule has 1 heterocycles. The van der Waals surface area contributed by atoms with E-state index in [1.807, 2.05) is 0 Å². The number of carbonyl (C=O) groups excluding carboxylic acids is 1. The number of amides is 1. The molecule has 0 spiro atoms. The second kappa shape index (κ2) is 4.59. The zero-order valence-electron chi connectivity index (χ0n) is 6.38. The van der Waals surface area contributed by atoms with E-state index < -0.39 is 0 Å². The van der Waals surface area contributed by atoms with Crippen LogP contribution in [0.3, 0.4) is 0 Å². The van der Waals surface area contributed by atoms with Crippen molar-refractivity contribution in [2.45, 2.75) is 12.8 Å². The van der Waals surface area contributed by atoms with Gasteiger partial charge in [-0.25, -0.2) is 4.79 Å². The van der Waals surface area contributed by atoms with Gasteiger partial charge in [0.05, 0.1) is 6.54 Å². The number of ether oxygens (including phenoxy) is 1. The minimum atomic E-state index is -0.153. The van der Waals surface area contributed by atoms with E-state index in [2.05, 4.69) is 15.9 Å². The van der Waals surface area contributed by atoms with Crippen molar-refractivity contribution in [2.75, 3.05) is 25.0 Å². The number of alkyl halides is 1. The van der Waals surface area contributed by atoms with E-state index in [1.165, 1.54) is 0 Å². The van der Waals surface area contributed by atoms with Gasteiger partial charge in [-0.15, -0.1) is 0 Å². The minimum Gasteiger partial charge on any atom is -0.448 e. The van der Waals surface area contributed by atoms with Gasteiger partial charge in [-0.2, -0.15) is 0 Å². The van der Waals surface area contributed by atoms with Crippen molar-refractivity contribution in [2.24, 2.45) is 0 Å². The van der Waals surface area contributed by atoms with Crippen molar-refractivity contribution in [1.29, 1.82) is 0 Å². The number of hydrogen-bond acceptors (Lipinski definition) is 2. The van der Waals surface area contributed by atoms with Crippen LogP contribution in [0.25, 0.3) is 0 Å². The first-order chi connectivity index (χ1) is 5.34. The lowest BCUT2D eigenvalue weighted by molar-refractivity contribution is 0.158. The van der Waals surface area contributed by atoms with Crippen LogP contribution in [0, 0.1) is 0 Å². The molecule has 64 valence electrons. The largest absolute Gasteiger partial charge is 0.448 e. The van der Waals surface area contributed by atoms with Gasteiger partial charge in [0.25, 0.3) is 0 Å². The maximum Gasteiger partial charge on any atom is 0.409 e. The summed E-state index contributed by atoms with van der Waals surface area (Å²) in [5.41, 5.74) is 0. The highest BCUT2D eigenvalue weighted by Crippen LogP contribution is 2.05. The normalized spacial score (nSPS) is 17.2. The van der Waals surface area contributed by atoms with Crippen LogP contribution >= 0.6 is 15.9 Å². The molecule has 0 saturated carbocycles. The Morgan fingerprint density at radius 3 is 2.91 bits per heavy atom. The molecular weight excluding hydrogens is 210 g/mol. The monoisotopic (exact) mass is 221 g/mol. The number of unbranched alkanes of at least 4 members (excludes halogenated alkanes) is 1. The van der Waals surface area contributed by atoms with Crippen molar-refractivity contribution in [1.82, 2.24) is 4.90 Å². The second-order valence-electron chi connectivity index (χ2n) is 2.50. The predicted octanol–water partition coefficient (Wildman–Crippen LogP) is 1.61. The van der Waals surface area contributed by atoms with E-state index in [0.717, 1.165) is 31.3 Å². The Bertz CT molecular complexity index is 140. The van der Waals surface area contributed by atoms with Crippen LogP contribution in [0.15, 0.2) is 0 Å². The summed E-state index contributed by atoms with van der Waals surface area (Å²) in [5.74, 6) is 0. The van der Waals surface area contributed by atoms with Gasteiger partial charge >= 0.3 is 6.09 Å². The molecule has 0 bridgehead atoms. The van der Waals surface area contributed by atoms with Crippen LogP contribution in [0.5, 0.6) is 0 Å². The minimum absolute atomic E-state index is 0.153. The molecule has 0 aromatic rings. The van der Waals surface area contributed by atoms with Gasteiger partial charge < -0.3 is 9.64 Å². The molecule has 0 atom stereocenters. The highest BCUT2D eigenvalue weighted by atomic mass is 79.9. The summed E-state index contributed by atoms with van der Waals surface area (Å²) in [4.78, 5) is 12.6. The van der Waals surface area contributed by atoms with E-state index in [9.17, 15) is 4.79 Å². The van der Waals surface area contributed by atoms with E-state index in [-0.39, 0.29) is 6.09 Å². The van der Waals surface area contributed by atoms with E-state index in [4.69, 9.17) is 4.74 Å². The highest BCUT2D eigenvalue weighted by molar-refractivity contribution is 9.09. The van der Waals surface area contributed by atoms with Crippen molar-refractivity contribution in [3.8, 4) is 0 Å². The van der Waals surface area contributed by atoms with E-state index in [0.29, 0.717) is 6.61 Å². The van der Waals surface area contributed by atoms with Crippen LogP contribution in [-0.2, 0) is 4.74 Å². The standard InChI is InChI=1S/C7H12BrNO2/c8-3-1-2-4-9-5-6-11-7(9)10/h1-6H2. The number of hydrogen-bond donors (Lipinski definition) is 0. The van der Waals surface area contributed by atoms with Crippen LogP contribution in [0.2, 0.25) is 0 Å². The quantitative estimate of drug-likeness (QED) is 0.534. The lowest BCUT2D eigenvalue weighted by atomic mass is 10.3. The van der Waals surface area contributed by atoms with Gasteiger partial charge in [0.2, 0.25) is 0 Å². The summed E-state index contributed by atoms with van der Waals surface area (Å²) in [6, 6.07) is 0. The van der Waals surface area contributed by atoms with Crippen molar-refractivity contribution >= 4 is 22.0 Å². The summed E-state index contributed by atoms with van der Waals surface area (Å²) in [6.07, 6.45) is 2.02. The van der Waals surface area contributed by atoms with Crippen LogP contribution < -0.4 is 0 Å². The van der Waals surface area contributed by atoms with Gasteiger partial charge in [0.1, 0.15) is 6.61 Å². The molecule has 3 nitrogen and oxygen atoms in total. The molecule has 11 heavy (non-hydrogen) atoms. The summed E-state index contributed by atoms with van der Waals surface area (Å²) in [7, 11) is 0. The Labute approximate surface area is 74.8 Å². The summed E-state index contributed by atoms with van der Waals surface area (Å²) in [6.45, 7) is 2.17. The topological polar surface area (TPSA) is 29.5 Å². The van der Waals surface area contributed by atoms with Crippen LogP contribution in [0.1, 0.15) is 12.8 Å². The van der Waals surface area contributed by atoms with E-state index >= 15 is 0 Å². The molecular formula is C7H12BrNO2. The number of cyclic esters (lactones) is 1. The molecule has 0 aliphatic carbocycles. The molecule has 0 unspecified atom stereocenters. The summed E-state index contributed by atoms with van der Waals surface area (Å²) >= 11 is 3.34. The maximum absolute atomic E-state index is 10.9. The summed E-state index contributed by atoms with van der Waals surface area (Å²) in [5, 5.41) is 1.01. The van der Waals surface area contributed by atoms with Crippen LogP contribution in [-0.4, -0.2) is 36.0 Å². The van der Waals surface area contributed by atoms with Gasteiger partial charge in [-0.05, 0) is 12.8 Å². The fourth-order valence-corrected chi connectivity index (χ4v) is 1.42. The fraction of sp³-hybridized carbons (Fsp3) is 0.857. The fourth-order valence-electron chi connectivity index (χ4n) is 1.03. The third kappa shape index (κ3) is 2.69. The number of rotatable bonds is 4. The zero-order valence-corrected chi connectivity index (χ0v) is 7.97. The SMILES string of the molecule is O=C1OCCN1CCCCBr. The molecule has 1 rings (SSSR count). The highest BCUT2D eigenvalue weighted by Gasteiger charge is 2.20. The molecule has 0 aromatic carbocycles.